The van der Waals surface area contributed by atoms with E-state index in [0.717, 1.165) is 5.56 Å². The zero-order valence-corrected chi connectivity index (χ0v) is 12.6. The summed E-state index contributed by atoms with van der Waals surface area (Å²) in [5.41, 5.74) is 0.00582. The Morgan fingerprint density at radius 3 is 2.81 bits per heavy atom. The molecule has 0 fully saturated rings. The average Bonchev–Trinajstić information content (AvgIpc) is 2.43. The first kappa shape index (κ1) is 15.3. The van der Waals surface area contributed by atoms with Gasteiger partial charge in [-0.05, 0) is 38.5 Å². The fraction of sp³-hybridized carbons (Fsp3) is 0.467. The maximum absolute atomic E-state index is 12.5. The Morgan fingerprint density at radius 1 is 1.52 bits per heavy atom. The first-order valence-corrected chi connectivity index (χ1v) is 6.80. The first-order valence-electron chi connectivity index (χ1n) is 6.80. The Bertz CT molecular complexity index is 585. The summed E-state index contributed by atoms with van der Waals surface area (Å²) >= 11 is 0. The quantitative estimate of drug-likeness (QED) is 0.800. The van der Waals surface area contributed by atoms with Crippen LogP contribution in [-0.4, -0.2) is 42.2 Å². The molecule has 1 aromatic rings. The van der Waals surface area contributed by atoms with Gasteiger partial charge in [0.05, 0.1) is 11.8 Å². The number of aliphatic hydroxyl groups is 1. The molecule has 0 saturated carbocycles. The molecule has 1 aliphatic rings. The summed E-state index contributed by atoms with van der Waals surface area (Å²) in [5, 5.41) is 11.8. The predicted molar refractivity (Wildman–Crippen MR) is 78.3 cm³/mol. The van der Waals surface area contributed by atoms with Crippen molar-refractivity contribution in [2.45, 2.75) is 32.5 Å². The van der Waals surface area contributed by atoms with Crippen LogP contribution in [0.1, 0.15) is 19.4 Å². The molecule has 2 N–H and O–H groups in total. The molecule has 0 saturated heterocycles. The smallest absolute Gasteiger partial charge is 0.280 e. The maximum atomic E-state index is 12.5. The monoisotopic (exact) mass is 292 g/mol. The molecule has 2 rings (SSSR count). The van der Waals surface area contributed by atoms with Crippen molar-refractivity contribution in [3.8, 4) is 5.75 Å². The first-order chi connectivity index (χ1) is 9.75. The van der Waals surface area contributed by atoms with Gasteiger partial charge in [-0.3, -0.25) is 9.59 Å². The fourth-order valence-electron chi connectivity index (χ4n) is 2.22. The molecule has 0 aromatic heterocycles. The largest absolute Gasteiger partial charge is 0.466 e. The van der Waals surface area contributed by atoms with E-state index in [0.29, 0.717) is 11.4 Å². The minimum Gasteiger partial charge on any atom is -0.466 e. The van der Waals surface area contributed by atoms with Crippen molar-refractivity contribution < 1.29 is 19.4 Å². The van der Waals surface area contributed by atoms with Crippen LogP contribution in [0, 0.1) is 6.92 Å². The van der Waals surface area contributed by atoms with Gasteiger partial charge in [-0.2, -0.15) is 0 Å². The van der Waals surface area contributed by atoms with E-state index in [1.165, 1.54) is 11.8 Å². The van der Waals surface area contributed by atoms with E-state index in [4.69, 9.17) is 4.74 Å². The van der Waals surface area contributed by atoms with Gasteiger partial charge in [-0.1, -0.05) is 6.07 Å². The third kappa shape index (κ3) is 2.71. The molecule has 2 unspecified atom stereocenters. The number of aryl methyl sites for hydroxylation is 1. The highest BCUT2D eigenvalue weighted by Crippen LogP contribution is 2.37. The molecule has 6 nitrogen and oxygen atoms in total. The van der Waals surface area contributed by atoms with Crippen molar-refractivity contribution in [3.05, 3.63) is 23.8 Å². The van der Waals surface area contributed by atoms with Crippen LogP contribution >= 0.6 is 0 Å². The van der Waals surface area contributed by atoms with E-state index >= 15 is 0 Å². The number of nitrogens with zero attached hydrogens (tertiary/aromatic N) is 1. The zero-order chi connectivity index (χ0) is 15.8. The lowest BCUT2D eigenvalue weighted by Crippen LogP contribution is -2.61. The average molecular weight is 292 g/mol. The van der Waals surface area contributed by atoms with Crippen LogP contribution in [0.3, 0.4) is 0 Å². The van der Waals surface area contributed by atoms with Gasteiger partial charge in [0.15, 0.2) is 0 Å². The molecule has 1 aromatic carbocycles. The van der Waals surface area contributed by atoms with Crippen molar-refractivity contribution >= 4 is 17.5 Å². The van der Waals surface area contributed by atoms with Crippen molar-refractivity contribution in [1.29, 1.82) is 0 Å². The second kappa shape index (κ2) is 5.37. The van der Waals surface area contributed by atoms with Gasteiger partial charge in [0, 0.05) is 13.6 Å². The zero-order valence-electron chi connectivity index (χ0n) is 12.6. The molecule has 0 spiro atoms. The number of ether oxygens (including phenoxy) is 1. The van der Waals surface area contributed by atoms with Gasteiger partial charge in [0.2, 0.25) is 0 Å². The number of carbonyl (C=O) groups excluding carboxylic acids is 2. The molecule has 21 heavy (non-hydrogen) atoms. The normalized spacial score (nSPS) is 22.3. The Morgan fingerprint density at radius 2 is 2.19 bits per heavy atom. The summed E-state index contributed by atoms with van der Waals surface area (Å²) in [4.78, 5) is 26.2. The Kier molecular flexibility index (Phi) is 3.91. The summed E-state index contributed by atoms with van der Waals surface area (Å²) < 4.78 is 5.67. The number of aliphatic hydroxyl groups excluding tert-OH is 1. The highest BCUT2D eigenvalue weighted by molar-refractivity contribution is 6.16. The Balaban J connectivity index is 2.32. The number of hydrogen-bond acceptors (Lipinski definition) is 4. The standard InChI is InChI=1S/C15H20N2O4/c1-9-5-6-12-11(7-9)17(4)14(20)15(3,21-12)13(19)16-8-10(2)18/h5-7,10,18H,8H2,1-4H3,(H,16,19). The molecule has 0 bridgehead atoms. The van der Waals surface area contributed by atoms with Gasteiger partial charge in [-0.25, -0.2) is 0 Å². The van der Waals surface area contributed by atoms with Crippen LogP contribution < -0.4 is 15.0 Å². The lowest BCUT2D eigenvalue weighted by molar-refractivity contribution is -0.148. The van der Waals surface area contributed by atoms with Crippen molar-refractivity contribution in [2.24, 2.45) is 0 Å². The minimum atomic E-state index is -1.63. The maximum Gasteiger partial charge on any atom is 0.280 e. The molecule has 2 atom stereocenters. The van der Waals surface area contributed by atoms with Gasteiger partial charge in [0.25, 0.3) is 17.4 Å². The van der Waals surface area contributed by atoms with Crippen LogP contribution in [-0.2, 0) is 9.59 Å². The molecule has 1 heterocycles. The lowest BCUT2D eigenvalue weighted by atomic mass is 10.00. The molecule has 114 valence electrons. The molecule has 2 amide bonds. The molecule has 0 radical (unpaired) electrons. The number of likely N-dealkylation sites (N-methyl/N-ethyl adjacent to an activating group) is 1. The van der Waals surface area contributed by atoms with Crippen molar-refractivity contribution in [2.75, 3.05) is 18.5 Å². The topological polar surface area (TPSA) is 78.9 Å². The Hall–Kier alpha value is -2.08. The third-order valence-electron chi connectivity index (χ3n) is 3.49. The predicted octanol–water partition coefficient (Wildman–Crippen LogP) is 0.606. The fourth-order valence-corrected chi connectivity index (χ4v) is 2.22. The van der Waals surface area contributed by atoms with E-state index in [2.05, 4.69) is 5.32 Å². The summed E-state index contributed by atoms with van der Waals surface area (Å²) in [7, 11) is 1.61. The number of hydrogen-bond donors (Lipinski definition) is 2. The van der Waals surface area contributed by atoms with E-state index in [1.807, 2.05) is 19.1 Å². The van der Waals surface area contributed by atoms with Crippen LogP contribution in [0.25, 0.3) is 0 Å². The van der Waals surface area contributed by atoms with E-state index < -0.39 is 23.5 Å². The third-order valence-corrected chi connectivity index (χ3v) is 3.49. The summed E-state index contributed by atoms with van der Waals surface area (Å²) in [6.07, 6.45) is -0.691. The van der Waals surface area contributed by atoms with E-state index in [-0.39, 0.29) is 6.54 Å². The number of benzene rings is 1. The summed E-state index contributed by atoms with van der Waals surface area (Å²) in [6, 6.07) is 5.44. The number of anilines is 1. The van der Waals surface area contributed by atoms with Gasteiger partial charge in [0.1, 0.15) is 5.75 Å². The number of carbonyl (C=O) groups is 2. The van der Waals surface area contributed by atoms with Crippen LogP contribution in [0.4, 0.5) is 5.69 Å². The minimum absolute atomic E-state index is 0.0650. The van der Waals surface area contributed by atoms with Gasteiger partial charge in [-0.15, -0.1) is 0 Å². The number of nitrogens with one attached hydrogen (secondary N) is 1. The number of rotatable bonds is 3. The molecular formula is C15H20N2O4. The number of amides is 2. The van der Waals surface area contributed by atoms with Crippen molar-refractivity contribution in [1.82, 2.24) is 5.32 Å². The highest BCUT2D eigenvalue weighted by Gasteiger charge is 2.49. The van der Waals surface area contributed by atoms with Crippen LogP contribution in [0.15, 0.2) is 18.2 Å². The van der Waals surface area contributed by atoms with Gasteiger partial charge >= 0.3 is 0 Å². The number of fused-ring (bicyclic) bond motifs is 1. The second-order valence-corrected chi connectivity index (χ2v) is 5.53. The molecule has 1 aliphatic heterocycles. The van der Waals surface area contributed by atoms with E-state index in [9.17, 15) is 14.7 Å². The van der Waals surface area contributed by atoms with E-state index in [1.54, 1.807) is 20.0 Å². The SMILES string of the molecule is Cc1ccc2c(c1)N(C)C(=O)C(C)(C(=O)NCC(C)O)O2. The molecule has 6 heteroatoms. The summed E-state index contributed by atoms with van der Waals surface area (Å²) in [5.74, 6) is -0.521. The van der Waals surface area contributed by atoms with Crippen LogP contribution in [0.2, 0.25) is 0 Å². The highest BCUT2D eigenvalue weighted by atomic mass is 16.5. The Labute approximate surface area is 123 Å². The lowest BCUT2D eigenvalue weighted by Gasteiger charge is -2.38. The molecule has 0 aliphatic carbocycles. The summed E-state index contributed by atoms with van der Waals surface area (Å²) in [6.45, 7) is 4.97. The van der Waals surface area contributed by atoms with Crippen molar-refractivity contribution in [3.63, 3.8) is 0 Å². The molecular weight excluding hydrogens is 272 g/mol. The second-order valence-electron chi connectivity index (χ2n) is 5.53. The van der Waals surface area contributed by atoms with Crippen LogP contribution in [0.5, 0.6) is 5.75 Å². The van der Waals surface area contributed by atoms with Gasteiger partial charge < -0.3 is 20.1 Å².